The molecule has 2 aromatic rings. The molecule has 1 amide bonds. The van der Waals surface area contributed by atoms with E-state index in [-0.39, 0.29) is 0 Å². The summed E-state index contributed by atoms with van der Waals surface area (Å²) < 4.78 is 52.0. The minimum atomic E-state index is -4.59. The molecule has 0 bridgehead atoms. The van der Waals surface area contributed by atoms with Crippen LogP contribution >= 0.6 is 11.3 Å². The molecule has 0 fully saturated rings. The summed E-state index contributed by atoms with van der Waals surface area (Å²) in [6, 6.07) is 3.76. The summed E-state index contributed by atoms with van der Waals surface area (Å²) in [6.07, 6.45) is -0.624. The van der Waals surface area contributed by atoms with Gasteiger partial charge < -0.3 is 5.32 Å². The van der Waals surface area contributed by atoms with Gasteiger partial charge in [-0.05, 0) is 55.0 Å². The molecule has 7 heteroatoms. The van der Waals surface area contributed by atoms with E-state index in [1.807, 2.05) is 0 Å². The molecule has 0 radical (unpaired) electrons. The van der Waals surface area contributed by atoms with E-state index in [2.05, 4.69) is 12.2 Å². The van der Waals surface area contributed by atoms with Crippen LogP contribution in [-0.2, 0) is 19.0 Å². The lowest BCUT2D eigenvalue weighted by Gasteiger charge is -2.19. The Kier molecular flexibility index (Phi) is 4.86. The largest absolute Gasteiger partial charge is 0.416 e. The summed E-state index contributed by atoms with van der Waals surface area (Å²) in [4.78, 5) is 13.9. The van der Waals surface area contributed by atoms with Crippen molar-refractivity contribution in [1.82, 2.24) is 0 Å². The summed E-state index contributed by atoms with van der Waals surface area (Å²) in [5.74, 6) is -0.877. The van der Waals surface area contributed by atoms with E-state index in [4.69, 9.17) is 0 Å². The molecule has 1 atom stereocenters. The summed E-state index contributed by atoms with van der Waals surface area (Å²) in [5, 5.41) is 2.27. The molecule has 0 saturated carbocycles. The van der Waals surface area contributed by atoms with Gasteiger partial charge in [-0.1, -0.05) is 13.3 Å². The molecular formula is C18H17F4NOS. The fourth-order valence-electron chi connectivity index (χ4n) is 3.04. The minimum Gasteiger partial charge on any atom is -0.319 e. The lowest BCUT2D eigenvalue weighted by atomic mass is 9.87. The molecule has 2 nitrogen and oxygen atoms in total. The number of alkyl halides is 3. The highest BCUT2D eigenvalue weighted by molar-refractivity contribution is 7.14. The third-order valence-corrected chi connectivity index (χ3v) is 5.76. The predicted molar refractivity (Wildman–Crippen MR) is 89.5 cm³/mol. The van der Waals surface area contributed by atoms with Gasteiger partial charge in [-0.25, -0.2) is 4.39 Å². The van der Waals surface area contributed by atoms with E-state index >= 15 is 0 Å². The molecule has 134 valence electrons. The van der Waals surface area contributed by atoms with Crippen molar-refractivity contribution >= 4 is 22.9 Å². The highest BCUT2D eigenvalue weighted by Gasteiger charge is 2.31. The van der Waals surface area contributed by atoms with Crippen molar-refractivity contribution in [3.05, 3.63) is 51.0 Å². The van der Waals surface area contributed by atoms with E-state index in [0.29, 0.717) is 29.0 Å². The average Bonchev–Trinajstić information content (AvgIpc) is 2.98. The second kappa shape index (κ2) is 6.78. The van der Waals surface area contributed by atoms with Crippen molar-refractivity contribution in [2.45, 2.75) is 38.8 Å². The number of carbonyl (C=O) groups is 1. The van der Waals surface area contributed by atoms with Gasteiger partial charge in [0.1, 0.15) is 5.82 Å². The van der Waals surface area contributed by atoms with Gasteiger partial charge in [-0.15, -0.1) is 11.3 Å². The van der Waals surface area contributed by atoms with Crippen molar-refractivity contribution < 1.29 is 22.4 Å². The first-order valence-electron chi connectivity index (χ1n) is 8.07. The molecule has 1 N–H and O–H groups in total. The molecule has 0 saturated heterocycles. The number of fused-ring (bicyclic) bond motifs is 1. The smallest absolute Gasteiger partial charge is 0.319 e. The lowest BCUT2D eigenvalue weighted by Crippen LogP contribution is -2.13. The van der Waals surface area contributed by atoms with Crippen LogP contribution in [-0.4, -0.2) is 5.91 Å². The fraction of sp³-hybridized carbons (Fsp3) is 0.389. The van der Waals surface area contributed by atoms with E-state index in [1.54, 1.807) is 6.07 Å². The van der Waals surface area contributed by atoms with Crippen LogP contribution in [0.15, 0.2) is 24.3 Å². The average molecular weight is 371 g/mol. The number of halogens is 4. The molecule has 1 aliphatic carbocycles. The van der Waals surface area contributed by atoms with Crippen LogP contribution in [0, 0.1) is 11.7 Å². The number of hydrogen-bond donors (Lipinski definition) is 1. The van der Waals surface area contributed by atoms with Crippen molar-refractivity contribution in [1.29, 1.82) is 0 Å². The highest BCUT2D eigenvalue weighted by atomic mass is 32.1. The number of aryl methyl sites for hydroxylation is 1. The normalized spacial score (nSPS) is 17.2. The molecular weight excluding hydrogens is 354 g/mol. The zero-order valence-corrected chi connectivity index (χ0v) is 14.4. The Hall–Kier alpha value is -1.89. The highest BCUT2D eigenvalue weighted by Crippen LogP contribution is 2.35. The maximum Gasteiger partial charge on any atom is 0.416 e. The van der Waals surface area contributed by atoms with Crippen molar-refractivity contribution in [2.75, 3.05) is 5.32 Å². The van der Waals surface area contributed by atoms with Crippen molar-refractivity contribution in [3.63, 3.8) is 0 Å². The molecule has 1 unspecified atom stereocenters. The number of hydrogen-bond acceptors (Lipinski definition) is 2. The second-order valence-electron chi connectivity index (χ2n) is 6.22. The molecule has 1 aromatic carbocycles. The topological polar surface area (TPSA) is 29.1 Å². The van der Waals surface area contributed by atoms with Crippen molar-refractivity contribution in [3.8, 4) is 0 Å². The molecule has 0 spiro atoms. The third-order valence-electron chi connectivity index (χ3n) is 4.53. The molecule has 3 rings (SSSR count). The number of nitrogens with one attached hydrogen (secondary N) is 1. The Bertz CT molecular complexity index is 797. The Morgan fingerprint density at radius 3 is 2.76 bits per heavy atom. The first kappa shape index (κ1) is 17.9. The van der Waals surface area contributed by atoms with Gasteiger partial charge in [0.25, 0.3) is 5.91 Å². The number of rotatable bonds is 3. The van der Waals surface area contributed by atoms with E-state index < -0.39 is 29.2 Å². The monoisotopic (exact) mass is 371 g/mol. The van der Waals surface area contributed by atoms with E-state index in [9.17, 15) is 22.4 Å². The molecule has 1 aromatic heterocycles. The maximum atomic E-state index is 13.8. The van der Waals surface area contributed by atoms with Gasteiger partial charge in [0, 0.05) is 4.88 Å². The molecule has 0 aliphatic heterocycles. The van der Waals surface area contributed by atoms with Crippen LogP contribution < -0.4 is 5.32 Å². The molecule has 25 heavy (non-hydrogen) atoms. The Labute approximate surface area is 146 Å². The van der Waals surface area contributed by atoms with Gasteiger partial charge in [-0.2, -0.15) is 13.2 Å². The van der Waals surface area contributed by atoms with Crippen molar-refractivity contribution in [2.24, 2.45) is 5.92 Å². The zero-order chi connectivity index (χ0) is 18.2. The first-order chi connectivity index (χ1) is 11.8. The molecule has 1 heterocycles. The van der Waals surface area contributed by atoms with Crippen LogP contribution in [0.1, 0.15) is 45.4 Å². The SMILES string of the molecule is CCC1CCc2sc(C(=O)Nc3cc(C(F)(F)F)ccc3F)cc2C1. The number of thiophene rings is 1. The van der Waals surface area contributed by atoms with Crippen LogP contribution in [0.4, 0.5) is 23.2 Å². The minimum absolute atomic E-state index is 0.401. The number of amides is 1. The summed E-state index contributed by atoms with van der Waals surface area (Å²) >= 11 is 1.33. The lowest BCUT2D eigenvalue weighted by molar-refractivity contribution is -0.137. The van der Waals surface area contributed by atoms with E-state index in [0.717, 1.165) is 36.1 Å². The Balaban J connectivity index is 1.81. The number of carbonyl (C=O) groups excluding carboxylic acids is 1. The van der Waals surface area contributed by atoms with Gasteiger partial charge in [0.15, 0.2) is 0 Å². The number of benzene rings is 1. The summed E-state index contributed by atoms with van der Waals surface area (Å²) in [5.41, 5.74) is -0.337. The van der Waals surface area contributed by atoms with Crippen LogP contribution in [0.5, 0.6) is 0 Å². The van der Waals surface area contributed by atoms with Gasteiger partial charge >= 0.3 is 6.18 Å². The van der Waals surface area contributed by atoms with Gasteiger partial charge in [-0.3, -0.25) is 4.79 Å². The third kappa shape index (κ3) is 3.86. The van der Waals surface area contributed by atoms with E-state index in [1.165, 1.54) is 11.3 Å². The number of anilines is 1. The summed E-state index contributed by atoms with van der Waals surface area (Å²) in [7, 11) is 0. The van der Waals surface area contributed by atoms with Crippen LogP contribution in [0.2, 0.25) is 0 Å². The second-order valence-corrected chi connectivity index (χ2v) is 7.36. The van der Waals surface area contributed by atoms with Crippen LogP contribution in [0.25, 0.3) is 0 Å². The Morgan fingerprint density at radius 2 is 2.08 bits per heavy atom. The molecule has 1 aliphatic rings. The standard InChI is InChI=1S/C18H17F4NOS/c1-2-10-3-6-15-11(7-10)8-16(25-15)17(24)23-14-9-12(18(20,21)22)4-5-13(14)19/h4-5,8-10H,2-3,6-7H2,1H3,(H,23,24). The summed E-state index contributed by atoms with van der Waals surface area (Å²) in [6.45, 7) is 2.13. The maximum absolute atomic E-state index is 13.8. The van der Waals surface area contributed by atoms with Gasteiger partial charge in [0.2, 0.25) is 0 Å². The first-order valence-corrected chi connectivity index (χ1v) is 8.89. The fourth-order valence-corrected chi connectivity index (χ4v) is 4.14. The Morgan fingerprint density at radius 1 is 1.32 bits per heavy atom. The van der Waals surface area contributed by atoms with Gasteiger partial charge in [0.05, 0.1) is 16.1 Å². The predicted octanol–water partition coefficient (Wildman–Crippen LogP) is 5.67. The quantitative estimate of drug-likeness (QED) is 0.692. The zero-order valence-electron chi connectivity index (χ0n) is 13.5. The van der Waals surface area contributed by atoms with Crippen LogP contribution in [0.3, 0.4) is 0 Å².